The van der Waals surface area contributed by atoms with E-state index < -0.39 is 58.6 Å². The zero-order valence-corrected chi connectivity index (χ0v) is 29.3. The molecule has 4 atom stereocenters. The molecule has 0 bridgehead atoms. The van der Waals surface area contributed by atoms with E-state index in [0.29, 0.717) is 49.9 Å². The van der Waals surface area contributed by atoms with E-state index in [1.165, 1.54) is 26.0 Å². The van der Waals surface area contributed by atoms with Crippen molar-refractivity contribution in [1.29, 1.82) is 0 Å². The van der Waals surface area contributed by atoms with Gasteiger partial charge in [0.05, 0.1) is 24.8 Å². The summed E-state index contributed by atoms with van der Waals surface area (Å²) in [5, 5.41) is 21.6. The summed E-state index contributed by atoms with van der Waals surface area (Å²) < 4.78 is 49.5. The molecular formula is C37H44FN2O9S-. The van der Waals surface area contributed by atoms with Gasteiger partial charge in [-0.15, -0.1) is 0 Å². The van der Waals surface area contributed by atoms with Gasteiger partial charge in [0.25, 0.3) is 0 Å². The normalized spacial score (nSPS) is 17.8. The van der Waals surface area contributed by atoms with Crippen molar-refractivity contribution in [2.45, 2.75) is 70.1 Å². The minimum atomic E-state index is -3.26. The van der Waals surface area contributed by atoms with Gasteiger partial charge in [-0.25, -0.2) is 17.5 Å². The molecule has 4 rings (SSSR count). The first-order valence-corrected chi connectivity index (χ1v) is 18.4. The third kappa shape index (κ3) is 10.4. The van der Waals surface area contributed by atoms with E-state index in [1.54, 1.807) is 17.0 Å². The van der Waals surface area contributed by atoms with Crippen LogP contribution in [0.15, 0.2) is 72.8 Å². The van der Waals surface area contributed by atoms with E-state index in [-0.39, 0.29) is 18.4 Å². The molecule has 1 saturated heterocycles. The van der Waals surface area contributed by atoms with E-state index in [0.717, 1.165) is 22.9 Å². The number of anilines is 1. The van der Waals surface area contributed by atoms with E-state index in [4.69, 9.17) is 9.47 Å². The van der Waals surface area contributed by atoms with Gasteiger partial charge < -0.3 is 24.6 Å². The zero-order valence-electron chi connectivity index (χ0n) is 28.5. The zero-order chi connectivity index (χ0) is 36.5. The summed E-state index contributed by atoms with van der Waals surface area (Å²) >= 11 is 0. The van der Waals surface area contributed by atoms with Gasteiger partial charge in [0.15, 0.2) is 0 Å². The number of carbonyl (C=O) groups is 3. The standard InChI is InChI=1S/C37H44FN2O9S/c1-25(43)48-34(29-12-14-31(38)15-13-29)19-18-33-35(30-10-6-28(7-11-30)20-21-37(23-41,24-42)49-26(2)44)40(36(33)45)32-16-8-27(9-17-32)5-4-22-39-50(3,46)47/h6-17,33-35,39,41H,4-5,18-24H2,1-3H3/q-1/t33?,34-,35+,37?/m0/s1. The molecular weight excluding hydrogens is 667 g/mol. The molecule has 1 amide bonds. The number of aryl methyl sites for hydroxylation is 2. The molecule has 0 saturated carbocycles. The maximum absolute atomic E-state index is 13.8. The molecule has 270 valence electrons. The molecule has 1 aliphatic heterocycles. The number of β-lactam (4-membered cyclic amide) rings is 1. The van der Waals surface area contributed by atoms with Crippen LogP contribution in [0.5, 0.6) is 0 Å². The summed E-state index contributed by atoms with van der Waals surface area (Å²) in [6.07, 6.45) is 2.93. The summed E-state index contributed by atoms with van der Waals surface area (Å²) in [6, 6.07) is 20.5. The monoisotopic (exact) mass is 711 g/mol. The van der Waals surface area contributed by atoms with Crippen LogP contribution in [0, 0.1) is 11.7 Å². The number of rotatable bonds is 18. The quantitative estimate of drug-likeness (QED) is 0.114. The molecule has 13 heteroatoms. The molecule has 0 aliphatic carbocycles. The lowest BCUT2D eigenvalue weighted by Gasteiger charge is -2.48. The fourth-order valence-electron chi connectivity index (χ4n) is 6.24. The summed E-state index contributed by atoms with van der Waals surface area (Å²) in [5.41, 5.74) is 2.51. The Kier molecular flexibility index (Phi) is 13.3. The summed E-state index contributed by atoms with van der Waals surface area (Å²) in [5.74, 6) is -2.10. The number of halogens is 1. The molecule has 50 heavy (non-hydrogen) atoms. The van der Waals surface area contributed by atoms with Crippen LogP contribution >= 0.6 is 0 Å². The van der Waals surface area contributed by atoms with Crippen LogP contribution in [0.1, 0.15) is 73.9 Å². The van der Waals surface area contributed by atoms with Crippen LogP contribution in [0.3, 0.4) is 0 Å². The van der Waals surface area contributed by atoms with Crippen molar-refractivity contribution >= 4 is 33.6 Å². The van der Waals surface area contributed by atoms with E-state index in [1.807, 2.05) is 48.5 Å². The van der Waals surface area contributed by atoms with Gasteiger partial charge in [-0.2, -0.15) is 0 Å². The number of esters is 2. The molecule has 11 nitrogen and oxygen atoms in total. The number of carbonyl (C=O) groups excluding carboxylic acids is 3. The van der Waals surface area contributed by atoms with Gasteiger partial charge in [-0.05, 0) is 85.0 Å². The van der Waals surface area contributed by atoms with Crippen molar-refractivity contribution in [2.75, 3.05) is 30.9 Å². The van der Waals surface area contributed by atoms with Crippen LogP contribution in [-0.2, 0) is 46.7 Å². The van der Waals surface area contributed by atoms with Crippen LogP contribution in [-0.4, -0.2) is 63.0 Å². The SMILES string of the molecule is CC(=O)O[C@@H](CCC1C(=O)N(c2ccc(CCCNS(C)(=O)=O)cc2)[C@@H]1c1ccc(CCC(C[O-])(CO)OC(C)=O)cc1)c1ccc(F)cc1. The second kappa shape index (κ2) is 17.2. The molecule has 1 aliphatic rings. The van der Waals surface area contributed by atoms with Gasteiger partial charge in [-0.3, -0.25) is 14.4 Å². The minimum absolute atomic E-state index is 0.102. The van der Waals surface area contributed by atoms with E-state index in [9.17, 15) is 37.4 Å². The Morgan fingerprint density at radius 3 is 2.16 bits per heavy atom. The van der Waals surface area contributed by atoms with Crippen molar-refractivity contribution in [3.63, 3.8) is 0 Å². The Bertz CT molecular complexity index is 1710. The first-order chi connectivity index (χ1) is 23.7. The first-order valence-electron chi connectivity index (χ1n) is 16.5. The smallest absolute Gasteiger partial charge is 0.303 e. The Morgan fingerprint density at radius 1 is 0.980 bits per heavy atom. The highest BCUT2D eigenvalue weighted by Crippen LogP contribution is 2.46. The lowest BCUT2D eigenvalue weighted by atomic mass is 9.78. The number of ether oxygens (including phenoxy) is 2. The minimum Gasteiger partial charge on any atom is -0.852 e. The van der Waals surface area contributed by atoms with Gasteiger partial charge >= 0.3 is 11.9 Å². The predicted octanol–water partition coefficient (Wildman–Crippen LogP) is 3.68. The van der Waals surface area contributed by atoms with Crippen molar-refractivity contribution in [1.82, 2.24) is 4.72 Å². The lowest BCUT2D eigenvalue weighted by Crippen LogP contribution is -2.55. The molecule has 2 N–H and O–H groups in total. The van der Waals surface area contributed by atoms with Gasteiger partial charge in [0.2, 0.25) is 15.9 Å². The highest BCUT2D eigenvalue weighted by atomic mass is 32.2. The fraction of sp³-hybridized carbons (Fsp3) is 0.432. The maximum Gasteiger partial charge on any atom is 0.303 e. The van der Waals surface area contributed by atoms with E-state index in [2.05, 4.69) is 4.72 Å². The Hall–Kier alpha value is -4.17. The maximum atomic E-state index is 13.8. The predicted molar refractivity (Wildman–Crippen MR) is 183 cm³/mol. The molecule has 1 heterocycles. The van der Waals surface area contributed by atoms with Gasteiger partial charge in [-0.1, -0.05) is 55.1 Å². The van der Waals surface area contributed by atoms with E-state index >= 15 is 0 Å². The number of hydrogen-bond acceptors (Lipinski definition) is 9. The first kappa shape index (κ1) is 38.6. The summed E-state index contributed by atoms with van der Waals surface area (Å²) in [6.45, 7) is 1.45. The number of benzene rings is 3. The number of sulfonamides is 1. The summed E-state index contributed by atoms with van der Waals surface area (Å²) in [4.78, 5) is 39.0. The number of hydrogen-bond donors (Lipinski definition) is 2. The van der Waals surface area contributed by atoms with Crippen LogP contribution in [0.2, 0.25) is 0 Å². The third-order valence-electron chi connectivity index (χ3n) is 8.83. The van der Waals surface area contributed by atoms with Crippen molar-refractivity contribution < 1.29 is 46.9 Å². The summed E-state index contributed by atoms with van der Waals surface area (Å²) in [7, 11) is -3.26. The highest BCUT2D eigenvalue weighted by molar-refractivity contribution is 7.88. The van der Waals surface area contributed by atoms with Gasteiger partial charge in [0.1, 0.15) is 17.5 Å². The number of aliphatic hydroxyl groups is 1. The van der Waals surface area contributed by atoms with Crippen molar-refractivity contribution in [2.24, 2.45) is 5.92 Å². The average Bonchev–Trinajstić information content (AvgIpc) is 3.07. The molecule has 2 unspecified atom stereocenters. The lowest BCUT2D eigenvalue weighted by molar-refractivity contribution is -0.402. The van der Waals surface area contributed by atoms with Crippen LogP contribution < -0.4 is 14.7 Å². The van der Waals surface area contributed by atoms with Gasteiger partial charge in [0, 0.05) is 26.1 Å². The second-order valence-electron chi connectivity index (χ2n) is 12.7. The molecule has 0 aromatic heterocycles. The Labute approximate surface area is 292 Å². The Balaban J connectivity index is 1.55. The topological polar surface area (TPSA) is 162 Å². The molecule has 1 fully saturated rings. The number of aliphatic hydroxyl groups excluding tert-OH is 1. The van der Waals surface area contributed by atoms with Crippen LogP contribution in [0.4, 0.5) is 10.1 Å². The van der Waals surface area contributed by atoms with Crippen molar-refractivity contribution in [3.8, 4) is 0 Å². The third-order valence-corrected chi connectivity index (χ3v) is 9.56. The average molecular weight is 712 g/mol. The van der Waals surface area contributed by atoms with Crippen LogP contribution in [0.25, 0.3) is 0 Å². The number of nitrogens with one attached hydrogen (secondary N) is 1. The molecule has 3 aromatic rings. The molecule has 3 aromatic carbocycles. The molecule has 0 spiro atoms. The highest BCUT2D eigenvalue weighted by Gasteiger charge is 2.48. The fourth-order valence-corrected chi connectivity index (χ4v) is 6.76. The largest absolute Gasteiger partial charge is 0.852 e. The second-order valence-corrected chi connectivity index (χ2v) is 14.6. The number of amides is 1. The number of nitrogens with zero attached hydrogens (tertiary/aromatic N) is 1. The molecule has 0 radical (unpaired) electrons. The van der Waals surface area contributed by atoms with Crippen molar-refractivity contribution in [3.05, 3.63) is 101 Å². The Morgan fingerprint density at radius 2 is 1.60 bits per heavy atom.